The van der Waals surface area contributed by atoms with Crippen molar-refractivity contribution in [2.75, 3.05) is 26.7 Å². The Balaban J connectivity index is 0.00000320. The Morgan fingerprint density at radius 1 is 1.13 bits per heavy atom. The number of aliphatic imine (C=N–C) groups is 1. The Hall–Kier alpha value is -1.61. The molecule has 2 N–H and O–H groups in total. The van der Waals surface area contributed by atoms with Gasteiger partial charge in [0.05, 0.1) is 0 Å². The number of rotatable bonds is 7. The van der Waals surface area contributed by atoms with Gasteiger partial charge in [0.1, 0.15) is 5.82 Å². The standard InChI is InChI=1S/C23H36N6.HI/c1-19-25-11-14-28(19)17-21-10-8-9-20(15-21)16-26-22(24-4)27-18-23(2,3)29-12-6-5-7-13-29;/h8-11,14-15H,5-7,12-13,16-18H2,1-4H3,(H2,24,26,27);1H. The molecule has 1 aliphatic heterocycles. The average molecular weight is 524 g/mol. The number of imidazole rings is 1. The van der Waals surface area contributed by atoms with Crippen LogP contribution >= 0.6 is 24.0 Å². The molecular weight excluding hydrogens is 487 g/mol. The van der Waals surface area contributed by atoms with E-state index in [1.54, 1.807) is 0 Å². The van der Waals surface area contributed by atoms with Crippen LogP contribution in [0.1, 0.15) is 50.1 Å². The number of nitrogens with one attached hydrogen (secondary N) is 2. The lowest BCUT2D eigenvalue weighted by Crippen LogP contribution is -2.54. The van der Waals surface area contributed by atoms with Crippen LogP contribution in [0.3, 0.4) is 0 Å². The molecule has 3 rings (SSSR count). The van der Waals surface area contributed by atoms with E-state index in [1.807, 2.05) is 26.4 Å². The van der Waals surface area contributed by atoms with Crippen LogP contribution in [0, 0.1) is 6.92 Å². The third-order valence-electron chi connectivity index (χ3n) is 5.85. The van der Waals surface area contributed by atoms with Crippen LogP contribution in [0.4, 0.5) is 0 Å². The maximum Gasteiger partial charge on any atom is 0.191 e. The zero-order valence-corrected chi connectivity index (χ0v) is 21.1. The van der Waals surface area contributed by atoms with Crippen LogP contribution in [0.2, 0.25) is 0 Å². The number of hydrogen-bond donors (Lipinski definition) is 2. The topological polar surface area (TPSA) is 57.5 Å². The fourth-order valence-electron chi connectivity index (χ4n) is 3.92. The fraction of sp³-hybridized carbons (Fsp3) is 0.565. The van der Waals surface area contributed by atoms with E-state index in [0.29, 0.717) is 0 Å². The van der Waals surface area contributed by atoms with Crippen molar-refractivity contribution < 1.29 is 0 Å². The van der Waals surface area contributed by atoms with Crippen molar-refractivity contribution in [2.45, 2.75) is 58.7 Å². The molecule has 1 aromatic heterocycles. The highest BCUT2D eigenvalue weighted by atomic mass is 127. The molecule has 0 aliphatic carbocycles. The SMILES string of the molecule is CN=C(NCc1cccc(Cn2ccnc2C)c1)NCC(C)(C)N1CCCCC1.I. The normalized spacial score (nSPS) is 15.5. The monoisotopic (exact) mass is 524 g/mol. The van der Waals surface area contributed by atoms with Crippen LogP contribution in [0.15, 0.2) is 41.7 Å². The van der Waals surface area contributed by atoms with Crippen molar-refractivity contribution in [1.82, 2.24) is 25.1 Å². The number of aromatic nitrogens is 2. The summed E-state index contributed by atoms with van der Waals surface area (Å²) in [6.07, 6.45) is 7.86. The number of piperidine rings is 1. The van der Waals surface area contributed by atoms with Crippen molar-refractivity contribution in [3.8, 4) is 0 Å². The van der Waals surface area contributed by atoms with Gasteiger partial charge in [-0.15, -0.1) is 24.0 Å². The largest absolute Gasteiger partial charge is 0.355 e. The van der Waals surface area contributed by atoms with E-state index >= 15 is 0 Å². The van der Waals surface area contributed by atoms with E-state index in [9.17, 15) is 0 Å². The van der Waals surface area contributed by atoms with Gasteiger partial charge in [0, 0.05) is 44.6 Å². The zero-order chi connectivity index (χ0) is 20.7. The van der Waals surface area contributed by atoms with Gasteiger partial charge in [-0.3, -0.25) is 9.89 Å². The van der Waals surface area contributed by atoms with Crippen molar-refractivity contribution in [3.05, 3.63) is 53.6 Å². The predicted molar refractivity (Wildman–Crippen MR) is 136 cm³/mol. The number of likely N-dealkylation sites (tertiary alicyclic amines) is 1. The highest BCUT2D eigenvalue weighted by Crippen LogP contribution is 2.19. The van der Waals surface area contributed by atoms with E-state index in [4.69, 9.17) is 0 Å². The number of benzene rings is 1. The molecule has 1 saturated heterocycles. The molecule has 7 heteroatoms. The molecule has 2 heterocycles. The summed E-state index contributed by atoms with van der Waals surface area (Å²) in [5, 5.41) is 6.98. The first-order valence-electron chi connectivity index (χ1n) is 10.7. The van der Waals surface area contributed by atoms with Crippen molar-refractivity contribution >= 4 is 29.9 Å². The fourth-order valence-corrected chi connectivity index (χ4v) is 3.92. The van der Waals surface area contributed by atoms with Crippen molar-refractivity contribution in [1.29, 1.82) is 0 Å². The lowest BCUT2D eigenvalue weighted by Gasteiger charge is -2.41. The van der Waals surface area contributed by atoms with E-state index in [0.717, 1.165) is 31.4 Å². The summed E-state index contributed by atoms with van der Waals surface area (Å²) in [4.78, 5) is 11.3. The van der Waals surface area contributed by atoms with Gasteiger partial charge >= 0.3 is 0 Å². The molecule has 0 spiro atoms. The number of halogens is 1. The molecule has 0 saturated carbocycles. The summed E-state index contributed by atoms with van der Waals surface area (Å²) >= 11 is 0. The van der Waals surface area contributed by atoms with Gasteiger partial charge in [-0.1, -0.05) is 30.7 Å². The van der Waals surface area contributed by atoms with Gasteiger partial charge in [-0.2, -0.15) is 0 Å². The van der Waals surface area contributed by atoms with Crippen molar-refractivity contribution in [2.24, 2.45) is 4.99 Å². The summed E-state index contributed by atoms with van der Waals surface area (Å²) in [5.74, 6) is 1.89. The molecule has 0 amide bonds. The number of hydrogen-bond acceptors (Lipinski definition) is 3. The van der Waals surface area contributed by atoms with Gasteiger partial charge < -0.3 is 15.2 Å². The van der Waals surface area contributed by atoms with Crippen LogP contribution in [-0.4, -0.2) is 52.6 Å². The highest BCUT2D eigenvalue weighted by molar-refractivity contribution is 14.0. The molecule has 0 bridgehead atoms. The number of nitrogens with zero attached hydrogens (tertiary/aromatic N) is 4. The first-order chi connectivity index (χ1) is 14.0. The lowest BCUT2D eigenvalue weighted by molar-refractivity contribution is 0.0982. The Morgan fingerprint density at radius 3 is 2.53 bits per heavy atom. The Kier molecular flexibility index (Phi) is 9.61. The van der Waals surface area contributed by atoms with Gasteiger partial charge in [-0.25, -0.2) is 4.98 Å². The molecule has 30 heavy (non-hydrogen) atoms. The van der Waals surface area contributed by atoms with Gasteiger partial charge in [0.15, 0.2) is 5.96 Å². The minimum absolute atomic E-state index is 0. The van der Waals surface area contributed by atoms with Crippen LogP contribution in [0.25, 0.3) is 0 Å². The molecular formula is C23H37IN6. The Labute approximate surface area is 198 Å². The molecule has 1 aromatic carbocycles. The summed E-state index contributed by atoms with van der Waals surface area (Å²) < 4.78 is 2.16. The quantitative estimate of drug-likeness (QED) is 0.329. The molecule has 1 aliphatic rings. The first kappa shape index (κ1) is 24.7. The molecule has 0 unspecified atom stereocenters. The van der Waals surface area contributed by atoms with E-state index in [2.05, 4.69) is 68.2 Å². The maximum absolute atomic E-state index is 4.41. The second kappa shape index (κ2) is 11.7. The second-order valence-electron chi connectivity index (χ2n) is 8.56. The van der Waals surface area contributed by atoms with Gasteiger partial charge in [0.2, 0.25) is 0 Å². The van der Waals surface area contributed by atoms with Gasteiger partial charge in [0.25, 0.3) is 0 Å². The smallest absolute Gasteiger partial charge is 0.191 e. The maximum atomic E-state index is 4.41. The predicted octanol–water partition coefficient (Wildman–Crippen LogP) is 3.79. The van der Waals surface area contributed by atoms with Crippen LogP contribution in [0.5, 0.6) is 0 Å². The minimum atomic E-state index is 0. The molecule has 1 fully saturated rings. The van der Waals surface area contributed by atoms with E-state index in [1.165, 1.54) is 43.5 Å². The van der Waals surface area contributed by atoms with Crippen molar-refractivity contribution in [3.63, 3.8) is 0 Å². The second-order valence-corrected chi connectivity index (χ2v) is 8.56. The number of aryl methyl sites for hydroxylation is 1. The molecule has 166 valence electrons. The van der Waals surface area contributed by atoms with Gasteiger partial charge in [-0.05, 0) is 57.8 Å². The zero-order valence-electron chi connectivity index (χ0n) is 18.8. The lowest BCUT2D eigenvalue weighted by atomic mass is 9.98. The third-order valence-corrected chi connectivity index (χ3v) is 5.85. The molecule has 6 nitrogen and oxygen atoms in total. The average Bonchev–Trinajstić information content (AvgIpc) is 3.13. The van der Waals surface area contributed by atoms with E-state index in [-0.39, 0.29) is 29.5 Å². The minimum Gasteiger partial charge on any atom is -0.355 e. The van der Waals surface area contributed by atoms with E-state index < -0.39 is 0 Å². The Morgan fingerprint density at radius 2 is 1.87 bits per heavy atom. The molecule has 2 aromatic rings. The molecule has 0 atom stereocenters. The summed E-state index contributed by atoms with van der Waals surface area (Å²) in [6, 6.07) is 8.69. The molecule has 0 radical (unpaired) electrons. The summed E-state index contributed by atoms with van der Waals surface area (Å²) in [6.45, 7) is 11.5. The van der Waals surface area contributed by atoms with Crippen LogP contribution in [-0.2, 0) is 13.1 Å². The first-order valence-corrected chi connectivity index (χ1v) is 10.7. The Bertz CT molecular complexity index is 808. The number of guanidine groups is 1. The van der Waals surface area contributed by atoms with Crippen LogP contribution < -0.4 is 10.6 Å². The summed E-state index contributed by atoms with van der Waals surface area (Å²) in [5.41, 5.74) is 2.65. The third kappa shape index (κ3) is 6.97. The summed E-state index contributed by atoms with van der Waals surface area (Å²) in [7, 11) is 1.83. The highest BCUT2D eigenvalue weighted by Gasteiger charge is 2.27.